The first kappa shape index (κ1) is 10.9. The molecule has 0 aromatic carbocycles. The van der Waals surface area contributed by atoms with Gasteiger partial charge in [-0.1, -0.05) is 11.3 Å². The van der Waals surface area contributed by atoms with Gasteiger partial charge in [0, 0.05) is 0 Å². The monoisotopic (exact) mass is 237 g/mol. The van der Waals surface area contributed by atoms with Gasteiger partial charge in [-0.25, -0.2) is 8.42 Å². The molecule has 0 radical (unpaired) electrons. The molecule has 0 aliphatic heterocycles. The Labute approximate surface area is 83.8 Å². The second kappa shape index (κ2) is 3.88. The summed E-state index contributed by atoms with van der Waals surface area (Å²) in [6.45, 7) is 1.66. The zero-order valence-corrected chi connectivity index (χ0v) is 8.72. The van der Waals surface area contributed by atoms with Crippen molar-refractivity contribution in [1.29, 1.82) is 0 Å². The van der Waals surface area contributed by atoms with Crippen LogP contribution in [-0.4, -0.2) is 35.4 Å². The lowest BCUT2D eigenvalue weighted by atomic mass is 10.8. The summed E-state index contributed by atoms with van der Waals surface area (Å²) in [4.78, 5) is 10.2. The van der Waals surface area contributed by atoms with E-state index in [0.29, 0.717) is 5.01 Å². The number of sulfonamides is 1. The van der Waals surface area contributed by atoms with Gasteiger partial charge in [0.2, 0.25) is 15.2 Å². The number of rotatable bonds is 4. The number of carboxylic acid groups (broad SMARTS) is 1. The van der Waals surface area contributed by atoms with Crippen LogP contribution < -0.4 is 4.72 Å². The zero-order valence-electron chi connectivity index (χ0n) is 7.09. The summed E-state index contributed by atoms with van der Waals surface area (Å²) in [6, 6.07) is 0. The van der Waals surface area contributed by atoms with Gasteiger partial charge >= 0.3 is 5.97 Å². The largest absolute Gasteiger partial charge is 0.480 e. The number of aliphatic carboxylic acids is 1. The summed E-state index contributed by atoms with van der Waals surface area (Å²) >= 11 is 1.04. The van der Waals surface area contributed by atoms with E-state index in [0.717, 1.165) is 11.3 Å². The van der Waals surface area contributed by atoms with Crippen LogP contribution >= 0.6 is 11.3 Å². The van der Waals surface area contributed by atoms with Gasteiger partial charge in [-0.2, -0.15) is 0 Å². The van der Waals surface area contributed by atoms with Crippen molar-refractivity contribution in [3.05, 3.63) is 5.01 Å². The van der Waals surface area contributed by atoms with Crippen molar-refractivity contribution >= 4 is 32.5 Å². The fourth-order valence-corrected chi connectivity index (χ4v) is 2.36. The van der Waals surface area contributed by atoms with Crippen LogP contribution in [0, 0.1) is 6.92 Å². The van der Waals surface area contributed by atoms with Gasteiger partial charge in [0.25, 0.3) is 0 Å². The molecule has 1 heterocycles. The predicted octanol–water partition coefficient (Wildman–Crippen LogP) is -0.327. The first-order chi connectivity index (χ1) is 6.39. The molecule has 0 aliphatic rings. The molecule has 0 atom stereocenters. The maximum atomic E-state index is 11.1. The molecule has 2 N–H and O–H groups in total. The van der Waals surface area contributed by atoms with E-state index in [1.165, 1.54) is 0 Å². The highest BCUT2D eigenvalue weighted by molar-refractivity contribution is 7.93. The molecule has 1 aromatic heterocycles. The molecule has 0 aliphatic carbocycles. The molecule has 0 saturated carbocycles. The number of aryl methyl sites for hydroxylation is 1. The third kappa shape index (κ3) is 3.26. The van der Waals surface area contributed by atoms with E-state index >= 15 is 0 Å². The van der Waals surface area contributed by atoms with Crippen LogP contribution in [0.15, 0.2) is 0 Å². The number of nitrogens with zero attached hydrogens (tertiary/aromatic N) is 2. The van der Waals surface area contributed by atoms with Gasteiger partial charge in [-0.15, -0.1) is 10.2 Å². The maximum Gasteiger partial charge on any atom is 0.320 e. The molecule has 0 unspecified atom stereocenters. The molecule has 78 valence electrons. The lowest BCUT2D eigenvalue weighted by molar-refractivity contribution is -0.134. The summed E-state index contributed by atoms with van der Waals surface area (Å²) in [5, 5.41) is 16.0. The molecule has 7 nitrogen and oxygen atoms in total. The minimum absolute atomic E-state index is 0.0729. The summed E-state index contributed by atoms with van der Waals surface area (Å²) in [5.41, 5.74) is 0. The first-order valence-electron chi connectivity index (χ1n) is 3.41. The minimum atomic E-state index is -3.86. The highest BCUT2D eigenvalue weighted by Crippen LogP contribution is 2.14. The maximum absolute atomic E-state index is 11.1. The van der Waals surface area contributed by atoms with Gasteiger partial charge in [-0.05, 0) is 6.92 Å². The standard InChI is InChI=1S/C5H7N3O4S2/c1-3-6-7-5(13-3)8-14(11,12)2-4(9)10/h2H2,1H3,(H,7,8)(H,9,10). The van der Waals surface area contributed by atoms with Crippen molar-refractivity contribution in [3.8, 4) is 0 Å². The van der Waals surface area contributed by atoms with Crippen LogP contribution in [0.5, 0.6) is 0 Å². The molecule has 0 fully saturated rings. The Balaban J connectivity index is 2.73. The molecule has 0 spiro atoms. The fraction of sp³-hybridized carbons (Fsp3) is 0.400. The van der Waals surface area contributed by atoms with Crippen molar-refractivity contribution in [3.63, 3.8) is 0 Å². The third-order valence-corrected chi connectivity index (χ3v) is 3.10. The molecular formula is C5H7N3O4S2. The van der Waals surface area contributed by atoms with Gasteiger partial charge < -0.3 is 5.11 Å². The van der Waals surface area contributed by atoms with Crippen LogP contribution in [0.2, 0.25) is 0 Å². The van der Waals surface area contributed by atoms with E-state index in [2.05, 4.69) is 10.2 Å². The van der Waals surface area contributed by atoms with E-state index in [9.17, 15) is 13.2 Å². The zero-order chi connectivity index (χ0) is 10.8. The van der Waals surface area contributed by atoms with E-state index < -0.39 is 21.7 Å². The summed E-state index contributed by atoms with van der Waals surface area (Å²) < 4.78 is 24.1. The van der Waals surface area contributed by atoms with Gasteiger partial charge in [0.1, 0.15) is 5.01 Å². The second-order valence-electron chi connectivity index (χ2n) is 2.38. The second-order valence-corrected chi connectivity index (χ2v) is 5.29. The quantitative estimate of drug-likeness (QED) is 0.742. The van der Waals surface area contributed by atoms with Crippen LogP contribution in [0.1, 0.15) is 5.01 Å². The molecule has 1 aromatic rings. The number of hydrogen-bond acceptors (Lipinski definition) is 6. The average Bonchev–Trinajstić information content (AvgIpc) is 2.30. The van der Waals surface area contributed by atoms with Crippen molar-refractivity contribution in [2.45, 2.75) is 6.92 Å². The van der Waals surface area contributed by atoms with Gasteiger partial charge in [0.15, 0.2) is 5.75 Å². The summed E-state index contributed by atoms with van der Waals surface area (Å²) in [7, 11) is -3.86. The van der Waals surface area contributed by atoms with Crippen molar-refractivity contribution in [2.75, 3.05) is 10.5 Å². The fourth-order valence-electron chi connectivity index (χ4n) is 0.669. The van der Waals surface area contributed by atoms with Crippen molar-refractivity contribution < 1.29 is 18.3 Å². The van der Waals surface area contributed by atoms with Crippen molar-refractivity contribution in [2.24, 2.45) is 0 Å². The van der Waals surface area contributed by atoms with Crippen LogP contribution in [0.4, 0.5) is 5.13 Å². The number of carboxylic acids is 1. The van der Waals surface area contributed by atoms with E-state index in [1.54, 1.807) is 6.92 Å². The Hall–Kier alpha value is -1.22. The molecule has 9 heteroatoms. The van der Waals surface area contributed by atoms with E-state index in [-0.39, 0.29) is 5.13 Å². The van der Waals surface area contributed by atoms with E-state index in [1.807, 2.05) is 4.72 Å². The molecule has 14 heavy (non-hydrogen) atoms. The summed E-state index contributed by atoms with van der Waals surface area (Å²) in [6.07, 6.45) is 0. The summed E-state index contributed by atoms with van der Waals surface area (Å²) in [5.74, 6) is -2.40. The molecule has 0 saturated heterocycles. The number of hydrogen-bond donors (Lipinski definition) is 2. The van der Waals surface area contributed by atoms with Crippen molar-refractivity contribution in [1.82, 2.24) is 10.2 Å². The average molecular weight is 237 g/mol. The minimum Gasteiger partial charge on any atom is -0.480 e. The topological polar surface area (TPSA) is 109 Å². The van der Waals surface area contributed by atoms with Crippen LogP contribution in [-0.2, 0) is 14.8 Å². The van der Waals surface area contributed by atoms with Crippen LogP contribution in [0.3, 0.4) is 0 Å². The molecule has 1 rings (SSSR count). The number of aromatic nitrogens is 2. The Morgan fingerprint density at radius 3 is 2.64 bits per heavy atom. The first-order valence-corrected chi connectivity index (χ1v) is 5.88. The highest BCUT2D eigenvalue weighted by Gasteiger charge is 2.17. The third-order valence-electron chi connectivity index (χ3n) is 1.08. The van der Waals surface area contributed by atoms with Crippen LogP contribution in [0.25, 0.3) is 0 Å². The molecule has 0 bridgehead atoms. The Bertz CT molecular complexity index is 438. The molecular weight excluding hydrogens is 230 g/mol. The van der Waals surface area contributed by atoms with Gasteiger partial charge in [0.05, 0.1) is 0 Å². The predicted molar refractivity (Wildman–Crippen MR) is 49.7 cm³/mol. The Morgan fingerprint density at radius 1 is 1.57 bits per heavy atom. The van der Waals surface area contributed by atoms with Gasteiger partial charge in [-0.3, -0.25) is 9.52 Å². The number of anilines is 1. The lowest BCUT2D eigenvalue weighted by Gasteiger charge is -1.99. The molecule has 0 amide bonds. The number of carbonyl (C=O) groups is 1. The lowest BCUT2D eigenvalue weighted by Crippen LogP contribution is -2.22. The Morgan fingerprint density at radius 2 is 2.21 bits per heavy atom. The normalized spacial score (nSPS) is 11.2. The SMILES string of the molecule is Cc1nnc(NS(=O)(=O)CC(=O)O)s1. The smallest absolute Gasteiger partial charge is 0.320 e. The highest BCUT2D eigenvalue weighted by atomic mass is 32.2. The Kier molecular flexibility index (Phi) is 3.01. The number of nitrogens with one attached hydrogen (secondary N) is 1. The van der Waals surface area contributed by atoms with E-state index in [4.69, 9.17) is 5.11 Å².